The van der Waals surface area contributed by atoms with Crippen molar-refractivity contribution in [2.24, 2.45) is 22.7 Å². The number of ether oxygens (including phenoxy) is 1. The lowest BCUT2D eigenvalue weighted by molar-refractivity contribution is -0.0804. The molecule has 3 heteroatoms. The third-order valence-corrected chi connectivity index (χ3v) is 7.41. The van der Waals surface area contributed by atoms with Crippen molar-refractivity contribution in [3.05, 3.63) is 0 Å². The fourth-order valence-electron chi connectivity index (χ4n) is 5.41. The number of β-amino-alcohol motifs (C(OH)–C–C–N with tert-alkyl or cyclic N) is 1. The van der Waals surface area contributed by atoms with Crippen LogP contribution in [-0.4, -0.2) is 48.5 Å². The molecule has 0 aromatic heterocycles. The number of hydrogen-bond donors (Lipinski definition) is 1. The van der Waals surface area contributed by atoms with Crippen molar-refractivity contribution in [2.75, 3.05) is 26.2 Å². The lowest BCUT2D eigenvalue weighted by Gasteiger charge is -2.39. The maximum Gasteiger partial charge on any atom is 0.0900 e. The average molecular weight is 309 g/mol. The van der Waals surface area contributed by atoms with Gasteiger partial charge in [-0.15, -0.1) is 0 Å². The molecule has 3 rings (SSSR count). The van der Waals surface area contributed by atoms with Crippen LogP contribution in [0.2, 0.25) is 0 Å². The zero-order chi connectivity index (χ0) is 16.0. The van der Waals surface area contributed by atoms with Crippen molar-refractivity contribution in [1.29, 1.82) is 0 Å². The Kier molecular flexibility index (Phi) is 4.61. The molecule has 2 aliphatic carbocycles. The summed E-state index contributed by atoms with van der Waals surface area (Å²) >= 11 is 0. The van der Waals surface area contributed by atoms with Gasteiger partial charge in [-0.1, -0.05) is 27.7 Å². The van der Waals surface area contributed by atoms with Gasteiger partial charge in [0.25, 0.3) is 0 Å². The molecule has 2 bridgehead atoms. The van der Waals surface area contributed by atoms with Crippen molar-refractivity contribution in [3.63, 3.8) is 0 Å². The van der Waals surface area contributed by atoms with Crippen molar-refractivity contribution in [3.8, 4) is 0 Å². The molecule has 5 atom stereocenters. The van der Waals surface area contributed by atoms with Crippen molar-refractivity contribution < 1.29 is 9.84 Å². The zero-order valence-corrected chi connectivity index (χ0v) is 15.0. The highest BCUT2D eigenvalue weighted by Gasteiger charge is 2.61. The van der Waals surface area contributed by atoms with Gasteiger partial charge >= 0.3 is 0 Å². The van der Waals surface area contributed by atoms with Crippen LogP contribution in [0, 0.1) is 22.7 Å². The summed E-state index contributed by atoms with van der Waals surface area (Å²) in [4.78, 5) is 2.41. The van der Waals surface area contributed by atoms with Crippen LogP contribution in [0.25, 0.3) is 0 Å². The van der Waals surface area contributed by atoms with E-state index in [4.69, 9.17) is 4.74 Å². The maximum atomic E-state index is 10.4. The molecule has 1 N–H and O–H groups in total. The second-order valence-electron chi connectivity index (χ2n) is 9.09. The molecule has 0 radical (unpaired) electrons. The minimum Gasteiger partial charge on any atom is -0.389 e. The lowest BCUT2D eigenvalue weighted by atomic mass is 9.70. The number of aliphatic hydroxyl groups is 1. The average Bonchev–Trinajstić information content (AvgIpc) is 2.78. The molecular weight excluding hydrogens is 274 g/mol. The molecule has 0 unspecified atom stereocenters. The van der Waals surface area contributed by atoms with E-state index in [0.717, 1.165) is 31.5 Å². The van der Waals surface area contributed by atoms with Crippen LogP contribution >= 0.6 is 0 Å². The first-order chi connectivity index (χ1) is 10.3. The van der Waals surface area contributed by atoms with Crippen LogP contribution < -0.4 is 0 Å². The monoisotopic (exact) mass is 309 g/mol. The van der Waals surface area contributed by atoms with Gasteiger partial charge in [0.05, 0.1) is 18.8 Å². The van der Waals surface area contributed by atoms with Gasteiger partial charge in [-0.3, -0.25) is 0 Å². The number of nitrogens with zero attached hydrogens (tertiary/aromatic N) is 1. The first kappa shape index (κ1) is 16.7. The predicted octanol–water partition coefficient (Wildman–Crippen LogP) is 3.31. The fraction of sp³-hybridized carbons (Fsp3) is 1.00. The smallest absolute Gasteiger partial charge is 0.0900 e. The fourth-order valence-corrected chi connectivity index (χ4v) is 5.41. The normalized spacial score (nSPS) is 42.7. The minimum atomic E-state index is -0.337. The highest BCUT2D eigenvalue weighted by Crippen LogP contribution is 2.66. The minimum absolute atomic E-state index is 0.303. The summed E-state index contributed by atoms with van der Waals surface area (Å²) in [6, 6.07) is 0. The summed E-state index contributed by atoms with van der Waals surface area (Å²) < 4.78 is 6.23. The summed E-state index contributed by atoms with van der Waals surface area (Å²) in [6.07, 6.45) is 6.45. The topological polar surface area (TPSA) is 32.7 Å². The molecule has 3 fully saturated rings. The van der Waals surface area contributed by atoms with E-state index in [2.05, 4.69) is 32.6 Å². The highest BCUT2D eigenvalue weighted by molar-refractivity contribution is 5.11. The van der Waals surface area contributed by atoms with Gasteiger partial charge in [0.15, 0.2) is 0 Å². The third-order valence-electron chi connectivity index (χ3n) is 7.41. The van der Waals surface area contributed by atoms with Gasteiger partial charge in [0.2, 0.25) is 0 Å². The summed E-state index contributed by atoms with van der Waals surface area (Å²) in [6.45, 7) is 13.1. The van der Waals surface area contributed by atoms with Crippen LogP contribution in [0.1, 0.15) is 59.8 Å². The molecule has 3 nitrogen and oxygen atoms in total. The quantitative estimate of drug-likeness (QED) is 0.846. The summed E-state index contributed by atoms with van der Waals surface area (Å²) in [5, 5.41) is 10.4. The van der Waals surface area contributed by atoms with E-state index >= 15 is 0 Å². The number of likely N-dealkylation sites (tertiary alicyclic amines) is 1. The van der Waals surface area contributed by atoms with E-state index in [1.165, 1.54) is 32.1 Å². The molecule has 1 saturated heterocycles. The Hall–Kier alpha value is -0.120. The highest BCUT2D eigenvalue weighted by atomic mass is 16.5. The van der Waals surface area contributed by atoms with Crippen molar-refractivity contribution in [2.45, 2.75) is 72.0 Å². The number of aliphatic hydroxyl groups excluding tert-OH is 1. The number of hydrogen-bond acceptors (Lipinski definition) is 3. The molecule has 1 heterocycles. The molecule has 1 aliphatic heterocycles. The Balaban J connectivity index is 1.47. The Morgan fingerprint density at radius 3 is 2.64 bits per heavy atom. The van der Waals surface area contributed by atoms with Crippen molar-refractivity contribution >= 4 is 0 Å². The molecular formula is C19H35NO2. The molecule has 0 amide bonds. The van der Waals surface area contributed by atoms with Gasteiger partial charge < -0.3 is 14.7 Å². The van der Waals surface area contributed by atoms with Gasteiger partial charge in [-0.2, -0.15) is 0 Å². The van der Waals surface area contributed by atoms with Crippen LogP contribution in [0.4, 0.5) is 0 Å². The number of piperidine rings is 1. The van der Waals surface area contributed by atoms with Gasteiger partial charge in [0, 0.05) is 13.1 Å². The Labute approximate surface area is 136 Å². The molecule has 0 aromatic rings. The van der Waals surface area contributed by atoms with E-state index in [1.54, 1.807) is 0 Å². The molecule has 2 saturated carbocycles. The second-order valence-corrected chi connectivity index (χ2v) is 9.09. The Bertz CT molecular complexity index is 397. The van der Waals surface area contributed by atoms with Gasteiger partial charge in [0.1, 0.15) is 0 Å². The SMILES string of the molecule is C[C@H]1CCCN(C[C@H](O)CO[C@@H]2C[C@@H]3CC[C@]2(C)C3(C)C)C1. The summed E-state index contributed by atoms with van der Waals surface area (Å²) in [7, 11) is 0. The largest absolute Gasteiger partial charge is 0.389 e. The lowest BCUT2D eigenvalue weighted by Crippen LogP contribution is -2.43. The number of rotatable bonds is 5. The van der Waals surface area contributed by atoms with Crippen LogP contribution in [0.3, 0.4) is 0 Å². The first-order valence-electron chi connectivity index (χ1n) is 9.35. The Morgan fingerprint density at radius 1 is 1.27 bits per heavy atom. The molecule has 3 aliphatic rings. The van der Waals surface area contributed by atoms with E-state index in [1.807, 2.05) is 0 Å². The molecule has 128 valence electrons. The Morgan fingerprint density at radius 2 is 2.05 bits per heavy atom. The van der Waals surface area contributed by atoms with Crippen molar-refractivity contribution in [1.82, 2.24) is 4.90 Å². The van der Waals surface area contributed by atoms with E-state index in [9.17, 15) is 5.11 Å². The number of fused-ring (bicyclic) bond motifs is 2. The summed E-state index contributed by atoms with van der Waals surface area (Å²) in [5.74, 6) is 1.58. The van der Waals surface area contributed by atoms with E-state index in [-0.39, 0.29) is 6.10 Å². The first-order valence-corrected chi connectivity index (χ1v) is 9.35. The van der Waals surface area contributed by atoms with E-state index < -0.39 is 0 Å². The molecule has 22 heavy (non-hydrogen) atoms. The third kappa shape index (κ3) is 2.85. The van der Waals surface area contributed by atoms with Gasteiger partial charge in [-0.05, 0) is 61.3 Å². The van der Waals surface area contributed by atoms with Gasteiger partial charge in [-0.25, -0.2) is 0 Å². The van der Waals surface area contributed by atoms with Crippen LogP contribution in [0.5, 0.6) is 0 Å². The van der Waals surface area contributed by atoms with Crippen LogP contribution in [-0.2, 0) is 4.74 Å². The molecule has 0 aromatic carbocycles. The molecule has 0 spiro atoms. The van der Waals surface area contributed by atoms with Crippen LogP contribution in [0.15, 0.2) is 0 Å². The predicted molar refractivity (Wildman–Crippen MR) is 89.8 cm³/mol. The second kappa shape index (κ2) is 6.07. The zero-order valence-electron chi connectivity index (χ0n) is 15.0. The summed E-state index contributed by atoms with van der Waals surface area (Å²) in [5.41, 5.74) is 0.696. The standard InChI is InChI=1S/C19H35NO2/c1-14-6-5-9-20(11-14)12-16(21)13-22-17-10-15-7-8-19(17,4)18(15,2)3/h14-17,21H,5-13H2,1-4H3/t14-,15-,16-,17+,19-/m0/s1. The maximum absolute atomic E-state index is 10.4. The van der Waals surface area contributed by atoms with E-state index in [0.29, 0.717) is 23.5 Å².